The third kappa shape index (κ3) is 1.69. The van der Waals surface area contributed by atoms with Gasteiger partial charge in [0.15, 0.2) is 0 Å². The van der Waals surface area contributed by atoms with Crippen LogP contribution >= 0.6 is 0 Å². The number of imidazole rings is 1. The SMILES string of the molecule is Cc1ncc(C(N)CC2CCC2)n1C. The molecule has 0 amide bonds. The molecule has 0 radical (unpaired) electrons. The van der Waals surface area contributed by atoms with Crippen molar-refractivity contribution < 1.29 is 0 Å². The van der Waals surface area contributed by atoms with E-state index in [0.717, 1.165) is 18.2 Å². The van der Waals surface area contributed by atoms with Crippen LogP contribution in [0.2, 0.25) is 0 Å². The van der Waals surface area contributed by atoms with Crippen molar-refractivity contribution in [1.82, 2.24) is 9.55 Å². The molecule has 0 bridgehead atoms. The number of rotatable bonds is 3. The quantitative estimate of drug-likeness (QED) is 0.797. The first kappa shape index (κ1) is 9.71. The van der Waals surface area contributed by atoms with Crippen LogP contribution in [0.1, 0.15) is 43.2 Å². The summed E-state index contributed by atoms with van der Waals surface area (Å²) in [5.74, 6) is 1.91. The molecule has 1 saturated carbocycles. The molecule has 3 nitrogen and oxygen atoms in total. The molecule has 0 saturated heterocycles. The summed E-state index contributed by atoms with van der Waals surface area (Å²) < 4.78 is 2.10. The third-order valence-electron chi connectivity index (χ3n) is 3.45. The van der Waals surface area contributed by atoms with Gasteiger partial charge in [-0.1, -0.05) is 19.3 Å². The molecule has 1 aromatic rings. The highest BCUT2D eigenvalue weighted by Crippen LogP contribution is 2.33. The molecule has 1 fully saturated rings. The predicted molar refractivity (Wildman–Crippen MR) is 56.8 cm³/mol. The minimum absolute atomic E-state index is 0.173. The molecule has 0 spiro atoms. The smallest absolute Gasteiger partial charge is 0.105 e. The van der Waals surface area contributed by atoms with Gasteiger partial charge in [-0.2, -0.15) is 0 Å². The van der Waals surface area contributed by atoms with Gasteiger partial charge in [-0.25, -0.2) is 4.98 Å². The van der Waals surface area contributed by atoms with Gasteiger partial charge in [0, 0.05) is 13.1 Å². The number of nitrogens with two attached hydrogens (primary N) is 1. The van der Waals surface area contributed by atoms with Crippen LogP contribution < -0.4 is 5.73 Å². The highest BCUT2D eigenvalue weighted by Gasteiger charge is 2.22. The Balaban J connectivity index is 2.02. The van der Waals surface area contributed by atoms with Crippen LogP contribution in [0.25, 0.3) is 0 Å². The molecule has 2 N–H and O–H groups in total. The van der Waals surface area contributed by atoms with Crippen molar-refractivity contribution in [2.75, 3.05) is 0 Å². The van der Waals surface area contributed by atoms with Crippen LogP contribution in [0, 0.1) is 12.8 Å². The van der Waals surface area contributed by atoms with E-state index in [1.807, 2.05) is 20.2 Å². The Bertz CT molecular complexity index is 312. The lowest BCUT2D eigenvalue weighted by Gasteiger charge is -2.28. The fourth-order valence-electron chi connectivity index (χ4n) is 2.07. The molecule has 2 rings (SSSR count). The number of nitrogens with zero attached hydrogens (tertiary/aromatic N) is 2. The lowest BCUT2D eigenvalue weighted by Crippen LogP contribution is -2.21. The topological polar surface area (TPSA) is 43.8 Å². The average molecular weight is 193 g/mol. The number of hydrogen-bond donors (Lipinski definition) is 1. The zero-order valence-corrected chi connectivity index (χ0v) is 9.03. The fraction of sp³-hybridized carbons (Fsp3) is 0.727. The molecule has 0 aromatic carbocycles. The molecule has 1 heterocycles. The number of hydrogen-bond acceptors (Lipinski definition) is 2. The molecule has 1 unspecified atom stereocenters. The average Bonchev–Trinajstić information content (AvgIpc) is 2.41. The van der Waals surface area contributed by atoms with Crippen LogP contribution in [0.4, 0.5) is 0 Å². The summed E-state index contributed by atoms with van der Waals surface area (Å²) in [6.07, 6.45) is 7.16. The maximum atomic E-state index is 6.16. The number of aromatic nitrogens is 2. The second-order valence-electron chi connectivity index (χ2n) is 4.43. The van der Waals surface area contributed by atoms with Crippen molar-refractivity contribution in [2.45, 2.75) is 38.6 Å². The zero-order valence-electron chi connectivity index (χ0n) is 9.03. The summed E-state index contributed by atoms with van der Waals surface area (Å²) >= 11 is 0. The summed E-state index contributed by atoms with van der Waals surface area (Å²) in [6, 6.07) is 0.173. The van der Waals surface area contributed by atoms with E-state index in [0.29, 0.717) is 0 Å². The van der Waals surface area contributed by atoms with Gasteiger partial charge in [-0.15, -0.1) is 0 Å². The molecule has 14 heavy (non-hydrogen) atoms. The summed E-state index contributed by atoms with van der Waals surface area (Å²) in [4.78, 5) is 4.27. The largest absolute Gasteiger partial charge is 0.334 e. The first-order valence-electron chi connectivity index (χ1n) is 5.42. The van der Waals surface area contributed by atoms with Crippen molar-refractivity contribution in [3.05, 3.63) is 17.7 Å². The van der Waals surface area contributed by atoms with E-state index >= 15 is 0 Å². The Morgan fingerprint density at radius 3 is 2.79 bits per heavy atom. The van der Waals surface area contributed by atoms with E-state index in [2.05, 4.69) is 9.55 Å². The second kappa shape index (κ2) is 3.73. The van der Waals surface area contributed by atoms with E-state index in [-0.39, 0.29) is 6.04 Å². The Morgan fingerprint density at radius 2 is 2.36 bits per heavy atom. The highest BCUT2D eigenvalue weighted by atomic mass is 15.1. The van der Waals surface area contributed by atoms with E-state index < -0.39 is 0 Å². The molecule has 1 atom stereocenters. The summed E-state index contributed by atoms with van der Waals surface area (Å²) in [5, 5.41) is 0. The molecule has 78 valence electrons. The second-order valence-corrected chi connectivity index (χ2v) is 4.43. The van der Waals surface area contributed by atoms with Crippen molar-refractivity contribution in [2.24, 2.45) is 18.7 Å². The van der Waals surface area contributed by atoms with E-state index in [1.165, 1.54) is 25.0 Å². The van der Waals surface area contributed by atoms with Gasteiger partial charge in [-0.3, -0.25) is 0 Å². The zero-order chi connectivity index (χ0) is 10.1. The lowest BCUT2D eigenvalue weighted by molar-refractivity contribution is 0.274. The first-order chi connectivity index (χ1) is 6.68. The molecular weight excluding hydrogens is 174 g/mol. The minimum Gasteiger partial charge on any atom is -0.334 e. The van der Waals surface area contributed by atoms with Crippen molar-refractivity contribution in [1.29, 1.82) is 0 Å². The van der Waals surface area contributed by atoms with Gasteiger partial charge in [0.05, 0.1) is 11.9 Å². The Labute approximate surface area is 85.3 Å². The van der Waals surface area contributed by atoms with Crippen LogP contribution in [0.5, 0.6) is 0 Å². The van der Waals surface area contributed by atoms with Crippen LogP contribution in [0.3, 0.4) is 0 Å². The molecule has 1 aromatic heterocycles. The Hall–Kier alpha value is -0.830. The van der Waals surface area contributed by atoms with Crippen LogP contribution in [-0.2, 0) is 7.05 Å². The van der Waals surface area contributed by atoms with Gasteiger partial charge in [0.25, 0.3) is 0 Å². The summed E-state index contributed by atoms with van der Waals surface area (Å²) in [6.45, 7) is 2.01. The van der Waals surface area contributed by atoms with Crippen molar-refractivity contribution in [3.63, 3.8) is 0 Å². The lowest BCUT2D eigenvalue weighted by atomic mass is 9.80. The molecule has 0 aliphatic heterocycles. The molecule has 3 heteroatoms. The highest BCUT2D eigenvalue weighted by molar-refractivity contribution is 5.08. The van der Waals surface area contributed by atoms with Crippen LogP contribution in [-0.4, -0.2) is 9.55 Å². The summed E-state index contributed by atoms with van der Waals surface area (Å²) in [7, 11) is 2.04. The van der Waals surface area contributed by atoms with Gasteiger partial charge in [0.2, 0.25) is 0 Å². The van der Waals surface area contributed by atoms with Crippen molar-refractivity contribution in [3.8, 4) is 0 Å². The molecule has 1 aliphatic carbocycles. The minimum atomic E-state index is 0.173. The van der Waals surface area contributed by atoms with E-state index in [1.54, 1.807) is 0 Å². The predicted octanol–water partition coefficient (Wildman–Crippen LogP) is 1.92. The van der Waals surface area contributed by atoms with E-state index in [9.17, 15) is 0 Å². The van der Waals surface area contributed by atoms with Crippen LogP contribution in [0.15, 0.2) is 6.20 Å². The van der Waals surface area contributed by atoms with E-state index in [4.69, 9.17) is 5.73 Å². The van der Waals surface area contributed by atoms with Gasteiger partial charge in [-0.05, 0) is 19.3 Å². The maximum Gasteiger partial charge on any atom is 0.105 e. The normalized spacial score (nSPS) is 19.4. The number of aryl methyl sites for hydroxylation is 1. The molecular formula is C11H19N3. The van der Waals surface area contributed by atoms with Gasteiger partial charge >= 0.3 is 0 Å². The Morgan fingerprint density at radius 1 is 1.64 bits per heavy atom. The van der Waals surface area contributed by atoms with Gasteiger partial charge < -0.3 is 10.3 Å². The third-order valence-corrected chi connectivity index (χ3v) is 3.45. The maximum absolute atomic E-state index is 6.16. The molecule has 1 aliphatic rings. The van der Waals surface area contributed by atoms with Gasteiger partial charge in [0.1, 0.15) is 5.82 Å². The monoisotopic (exact) mass is 193 g/mol. The summed E-state index contributed by atoms with van der Waals surface area (Å²) in [5.41, 5.74) is 7.33. The standard InChI is InChI=1S/C11H19N3/c1-8-13-7-11(14(8)2)10(12)6-9-4-3-5-9/h7,9-10H,3-6,12H2,1-2H3. The van der Waals surface area contributed by atoms with Crippen molar-refractivity contribution >= 4 is 0 Å². The first-order valence-corrected chi connectivity index (χ1v) is 5.42. The Kier molecular flexibility index (Phi) is 2.59. The fourth-order valence-corrected chi connectivity index (χ4v) is 2.07.